The molecule has 7 nitrogen and oxygen atoms in total. The van der Waals surface area contributed by atoms with Gasteiger partial charge in [-0.1, -0.05) is 29.4 Å². The summed E-state index contributed by atoms with van der Waals surface area (Å²) >= 11 is 8.69. The lowest BCUT2D eigenvalue weighted by Crippen LogP contribution is -2.24. The van der Waals surface area contributed by atoms with Crippen molar-refractivity contribution in [2.24, 2.45) is 0 Å². The number of halogens is 1. The van der Waals surface area contributed by atoms with Gasteiger partial charge in [0.1, 0.15) is 0 Å². The Balaban J connectivity index is 1.65. The summed E-state index contributed by atoms with van der Waals surface area (Å²) in [5.74, 6) is 1.73. The van der Waals surface area contributed by atoms with Crippen LogP contribution in [0.2, 0.25) is 5.02 Å². The van der Waals surface area contributed by atoms with Crippen molar-refractivity contribution in [3.05, 3.63) is 63.5 Å². The Hall–Kier alpha value is -2.62. The van der Waals surface area contributed by atoms with Crippen LogP contribution in [-0.4, -0.2) is 41.2 Å². The number of anilines is 1. The number of carbonyl (C=O) groups is 1. The zero-order valence-electron chi connectivity index (χ0n) is 17.4. The van der Waals surface area contributed by atoms with E-state index in [2.05, 4.69) is 5.32 Å². The third-order valence-corrected chi connectivity index (χ3v) is 7.01. The third kappa shape index (κ3) is 4.74. The molecule has 3 aromatic rings. The molecule has 0 radical (unpaired) electrons. The molecular weight excluding hydrogens is 470 g/mol. The standard InChI is InChI=1S/C22H20ClN3O4S2/c1-29-17-7-6-15(11-18(17)30-2)26-21(28)20-16(8-9-31-20)25-22(26)32-12-19(27)24-14-5-3-4-13(23)10-14/h3-7,10-11H,8-9,12H2,1-2H3,(H,24,27). The van der Waals surface area contributed by atoms with Crippen LogP contribution in [0.3, 0.4) is 0 Å². The molecule has 4 rings (SSSR count). The number of hydrogen-bond donors (Lipinski definition) is 1. The second-order valence-electron chi connectivity index (χ2n) is 6.80. The Labute approximate surface area is 198 Å². The summed E-state index contributed by atoms with van der Waals surface area (Å²) in [6.07, 6.45) is 0.726. The quantitative estimate of drug-likeness (QED) is 0.391. The predicted octanol–water partition coefficient (Wildman–Crippen LogP) is 4.28. The number of aryl methyl sites for hydroxylation is 1. The number of aromatic nitrogens is 2. The Morgan fingerprint density at radius 1 is 1.22 bits per heavy atom. The van der Waals surface area contributed by atoms with Gasteiger partial charge >= 0.3 is 0 Å². The van der Waals surface area contributed by atoms with Crippen LogP contribution >= 0.6 is 35.1 Å². The molecule has 0 unspecified atom stereocenters. The monoisotopic (exact) mass is 489 g/mol. The van der Waals surface area contributed by atoms with E-state index in [1.807, 2.05) is 0 Å². The average molecular weight is 490 g/mol. The SMILES string of the molecule is COc1ccc(-n2c(SCC(=O)Nc3cccc(Cl)c3)nc3c(c2=O)SCC3)cc1OC. The molecule has 1 N–H and O–H groups in total. The number of fused-ring (bicyclic) bond motifs is 1. The molecule has 10 heteroatoms. The smallest absolute Gasteiger partial charge is 0.272 e. The van der Waals surface area contributed by atoms with Crippen LogP contribution in [0.25, 0.3) is 5.69 Å². The summed E-state index contributed by atoms with van der Waals surface area (Å²) in [5.41, 5.74) is 1.82. The van der Waals surface area contributed by atoms with Crippen molar-refractivity contribution < 1.29 is 14.3 Å². The van der Waals surface area contributed by atoms with Crippen molar-refractivity contribution in [1.29, 1.82) is 0 Å². The summed E-state index contributed by atoms with van der Waals surface area (Å²) in [5, 5.41) is 3.80. The van der Waals surface area contributed by atoms with E-state index in [0.717, 1.165) is 17.9 Å². The number of nitrogens with one attached hydrogen (secondary N) is 1. The molecule has 0 fully saturated rings. The van der Waals surface area contributed by atoms with Gasteiger partial charge in [0.2, 0.25) is 5.91 Å². The number of thioether (sulfide) groups is 2. The number of benzene rings is 2. The van der Waals surface area contributed by atoms with Crippen molar-refractivity contribution in [3.63, 3.8) is 0 Å². The molecule has 1 aliphatic rings. The molecule has 0 aliphatic carbocycles. The van der Waals surface area contributed by atoms with Crippen LogP contribution in [0.4, 0.5) is 5.69 Å². The number of amides is 1. The molecule has 0 spiro atoms. The molecule has 0 saturated carbocycles. The fraction of sp³-hybridized carbons (Fsp3) is 0.227. The summed E-state index contributed by atoms with van der Waals surface area (Å²) in [7, 11) is 3.09. The molecule has 166 valence electrons. The summed E-state index contributed by atoms with van der Waals surface area (Å²) in [6.45, 7) is 0. The number of methoxy groups -OCH3 is 2. The van der Waals surface area contributed by atoms with Gasteiger partial charge in [0, 0.05) is 29.0 Å². The number of hydrogen-bond acceptors (Lipinski definition) is 7. The zero-order chi connectivity index (χ0) is 22.7. The Kier molecular flexibility index (Phi) is 6.98. The maximum atomic E-state index is 13.3. The topological polar surface area (TPSA) is 82.5 Å². The van der Waals surface area contributed by atoms with E-state index in [1.54, 1.807) is 49.6 Å². The average Bonchev–Trinajstić information content (AvgIpc) is 3.26. The molecule has 0 atom stereocenters. The summed E-state index contributed by atoms with van der Waals surface area (Å²) in [6, 6.07) is 12.2. The molecule has 1 aliphatic heterocycles. The van der Waals surface area contributed by atoms with E-state index in [9.17, 15) is 9.59 Å². The van der Waals surface area contributed by atoms with Gasteiger partial charge in [-0.2, -0.15) is 0 Å². The number of nitrogens with zero attached hydrogens (tertiary/aromatic N) is 2. The minimum atomic E-state index is -0.222. The van der Waals surface area contributed by atoms with Crippen molar-refractivity contribution in [3.8, 4) is 17.2 Å². The lowest BCUT2D eigenvalue weighted by molar-refractivity contribution is -0.113. The van der Waals surface area contributed by atoms with E-state index in [1.165, 1.54) is 35.2 Å². The molecule has 32 heavy (non-hydrogen) atoms. The highest BCUT2D eigenvalue weighted by molar-refractivity contribution is 8.00. The number of carbonyl (C=O) groups excluding carboxylic acids is 1. The first-order valence-electron chi connectivity index (χ1n) is 9.69. The first kappa shape index (κ1) is 22.6. The first-order valence-corrected chi connectivity index (χ1v) is 12.0. The van der Waals surface area contributed by atoms with Crippen LogP contribution in [0.1, 0.15) is 5.69 Å². The highest BCUT2D eigenvalue weighted by Gasteiger charge is 2.23. The number of ether oxygens (including phenoxy) is 2. The largest absolute Gasteiger partial charge is 0.493 e. The van der Waals surface area contributed by atoms with Crippen molar-refractivity contribution >= 4 is 46.7 Å². The van der Waals surface area contributed by atoms with E-state index in [-0.39, 0.29) is 17.2 Å². The fourth-order valence-corrected chi connectivity index (χ4v) is 5.32. The van der Waals surface area contributed by atoms with Gasteiger partial charge in [-0.15, -0.1) is 11.8 Å². The van der Waals surface area contributed by atoms with Gasteiger partial charge in [-0.3, -0.25) is 14.2 Å². The first-order chi connectivity index (χ1) is 15.5. The van der Waals surface area contributed by atoms with Gasteiger partial charge in [-0.05, 0) is 30.3 Å². The van der Waals surface area contributed by atoms with E-state index < -0.39 is 0 Å². The van der Waals surface area contributed by atoms with Gasteiger partial charge < -0.3 is 14.8 Å². The highest BCUT2D eigenvalue weighted by atomic mass is 35.5. The van der Waals surface area contributed by atoms with Crippen LogP contribution in [-0.2, 0) is 11.2 Å². The van der Waals surface area contributed by atoms with Crippen molar-refractivity contribution in [2.45, 2.75) is 16.5 Å². The molecule has 2 heterocycles. The molecule has 1 amide bonds. The Morgan fingerprint density at radius 2 is 2.03 bits per heavy atom. The van der Waals surface area contributed by atoms with Crippen LogP contribution in [0, 0.1) is 0 Å². The Bertz CT molecular complexity index is 1230. The summed E-state index contributed by atoms with van der Waals surface area (Å²) < 4.78 is 12.2. The number of rotatable bonds is 7. The van der Waals surface area contributed by atoms with Crippen LogP contribution in [0.5, 0.6) is 11.5 Å². The van der Waals surface area contributed by atoms with Crippen molar-refractivity contribution in [2.75, 3.05) is 31.0 Å². The van der Waals surface area contributed by atoms with Crippen LogP contribution < -0.4 is 20.3 Å². The minimum Gasteiger partial charge on any atom is -0.493 e. The van der Waals surface area contributed by atoms with Gasteiger partial charge in [-0.25, -0.2) is 4.98 Å². The Morgan fingerprint density at radius 3 is 2.78 bits per heavy atom. The maximum Gasteiger partial charge on any atom is 0.272 e. The van der Waals surface area contributed by atoms with Gasteiger partial charge in [0.05, 0.1) is 36.2 Å². The second-order valence-corrected chi connectivity index (χ2v) is 9.28. The molecule has 1 aromatic heterocycles. The van der Waals surface area contributed by atoms with Gasteiger partial charge in [0.25, 0.3) is 5.56 Å². The van der Waals surface area contributed by atoms with E-state index in [4.69, 9.17) is 26.1 Å². The molecule has 2 aromatic carbocycles. The zero-order valence-corrected chi connectivity index (χ0v) is 19.8. The third-order valence-electron chi connectivity index (χ3n) is 4.73. The normalized spacial score (nSPS) is 12.3. The van der Waals surface area contributed by atoms with Crippen molar-refractivity contribution in [1.82, 2.24) is 9.55 Å². The lowest BCUT2D eigenvalue weighted by Gasteiger charge is -2.15. The summed E-state index contributed by atoms with van der Waals surface area (Å²) in [4.78, 5) is 31.2. The molecule has 0 saturated heterocycles. The fourth-order valence-electron chi connectivity index (χ4n) is 3.27. The van der Waals surface area contributed by atoms with E-state index >= 15 is 0 Å². The predicted molar refractivity (Wildman–Crippen MR) is 128 cm³/mol. The second kappa shape index (κ2) is 9.89. The van der Waals surface area contributed by atoms with Crippen LogP contribution in [0.15, 0.2) is 57.3 Å². The lowest BCUT2D eigenvalue weighted by atomic mass is 10.2. The van der Waals surface area contributed by atoms with E-state index in [0.29, 0.717) is 37.9 Å². The minimum absolute atomic E-state index is 0.0815. The maximum absolute atomic E-state index is 13.3. The molecular formula is C22H20ClN3O4S2. The highest BCUT2D eigenvalue weighted by Crippen LogP contribution is 2.33. The molecule has 0 bridgehead atoms. The van der Waals surface area contributed by atoms with Gasteiger partial charge in [0.15, 0.2) is 16.7 Å².